The molecule has 136 valence electrons. The molecular formula is C17H16N8O2. The molecule has 0 fully saturated rings. The van der Waals surface area contributed by atoms with Crippen LogP contribution in [0.25, 0.3) is 16.7 Å². The van der Waals surface area contributed by atoms with Gasteiger partial charge in [-0.15, -0.1) is 0 Å². The zero-order valence-electron chi connectivity index (χ0n) is 14.5. The molecule has 0 bridgehead atoms. The van der Waals surface area contributed by atoms with Gasteiger partial charge in [0.05, 0.1) is 16.0 Å². The van der Waals surface area contributed by atoms with Gasteiger partial charge in [0, 0.05) is 37.1 Å². The summed E-state index contributed by atoms with van der Waals surface area (Å²) in [5, 5.41) is 22.4. The fraction of sp³-hybridized carbons (Fsp3) is 0.176. The molecule has 0 saturated carbocycles. The van der Waals surface area contributed by atoms with Crippen LogP contribution in [0.15, 0.2) is 42.9 Å². The van der Waals surface area contributed by atoms with Gasteiger partial charge in [0.15, 0.2) is 0 Å². The number of benzene rings is 1. The molecule has 0 aliphatic rings. The lowest BCUT2D eigenvalue weighted by atomic mass is 10.1. The summed E-state index contributed by atoms with van der Waals surface area (Å²) in [6.45, 7) is 3.08. The van der Waals surface area contributed by atoms with Gasteiger partial charge in [-0.05, 0) is 25.1 Å². The van der Waals surface area contributed by atoms with Crippen molar-refractivity contribution in [2.75, 3.05) is 23.7 Å². The van der Waals surface area contributed by atoms with E-state index in [1.54, 1.807) is 28.9 Å². The molecular weight excluding hydrogens is 348 g/mol. The number of pyridine rings is 1. The van der Waals surface area contributed by atoms with Gasteiger partial charge in [0.2, 0.25) is 0 Å². The maximum absolute atomic E-state index is 11.2. The molecule has 27 heavy (non-hydrogen) atoms. The summed E-state index contributed by atoms with van der Waals surface area (Å²) < 4.78 is 1.63. The third kappa shape index (κ3) is 3.19. The highest BCUT2D eigenvalue weighted by Crippen LogP contribution is 2.29. The zero-order valence-corrected chi connectivity index (χ0v) is 14.5. The SMILES string of the molecule is Cc1cc(NCCNc2ccc([N+](=O)[O-])c3cccnc23)n2ncnc2n1. The van der Waals surface area contributed by atoms with Crippen molar-refractivity contribution in [1.29, 1.82) is 0 Å². The van der Waals surface area contributed by atoms with Gasteiger partial charge in [-0.25, -0.2) is 4.98 Å². The third-order valence-corrected chi connectivity index (χ3v) is 4.07. The molecule has 0 aliphatic carbocycles. The first-order chi connectivity index (χ1) is 13.1. The fourth-order valence-corrected chi connectivity index (χ4v) is 2.90. The number of hydrogen-bond acceptors (Lipinski definition) is 8. The molecule has 10 heteroatoms. The van der Waals surface area contributed by atoms with Crippen molar-refractivity contribution in [2.24, 2.45) is 0 Å². The van der Waals surface area contributed by atoms with E-state index in [1.165, 1.54) is 12.4 Å². The Morgan fingerprint density at radius 3 is 2.89 bits per heavy atom. The molecule has 10 nitrogen and oxygen atoms in total. The molecule has 1 aromatic carbocycles. The van der Waals surface area contributed by atoms with Crippen molar-refractivity contribution in [2.45, 2.75) is 6.92 Å². The summed E-state index contributed by atoms with van der Waals surface area (Å²) in [4.78, 5) is 23.5. The molecule has 4 rings (SSSR count). The van der Waals surface area contributed by atoms with E-state index >= 15 is 0 Å². The Hall–Kier alpha value is -3.82. The summed E-state index contributed by atoms with van der Waals surface area (Å²) in [5.74, 6) is 1.33. The van der Waals surface area contributed by atoms with Crippen LogP contribution in [0.2, 0.25) is 0 Å². The Morgan fingerprint density at radius 1 is 1.19 bits per heavy atom. The summed E-state index contributed by atoms with van der Waals surface area (Å²) in [6, 6.07) is 8.45. The highest BCUT2D eigenvalue weighted by molar-refractivity contribution is 5.96. The van der Waals surface area contributed by atoms with E-state index in [0.717, 1.165) is 17.2 Å². The van der Waals surface area contributed by atoms with Crippen molar-refractivity contribution in [1.82, 2.24) is 24.6 Å². The van der Waals surface area contributed by atoms with E-state index in [2.05, 4.69) is 30.7 Å². The van der Waals surface area contributed by atoms with Gasteiger partial charge in [0.1, 0.15) is 17.7 Å². The van der Waals surface area contributed by atoms with Crippen LogP contribution in [0.5, 0.6) is 0 Å². The number of nitro benzene ring substituents is 1. The molecule has 4 aromatic rings. The fourth-order valence-electron chi connectivity index (χ4n) is 2.90. The normalized spacial score (nSPS) is 11.0. The van der Waals surface area contributed by atoms with Crippen molar-refractivity contribution in [3.63, 3.8) is 0 Å². The number of nitro groups is 1. The minimum absolute atomic E-state index is 0.0441. The number of aromatic nitrogens is 5. The van der Waals surface area contributed by atoms with E-state index < -0.39 is 4.92 Å². The number of fused-ring (bicyclic) bond motifs is 2. The number of aryl methyl sites for hydroxylation is 1. The highest BCUT2D eigenvalue weighted by atomic mass is 16.6. The van der Waals surface area contributed by atoms with Crippen molar-refractivity contribution in [3.05, 3.63) is 58.7 Å². The smallest absolute Gasteiger partial charge is 0.278 e. The molecule has 0 amide bonds. The molecule has 3 heterocycles. The van der Waals surface area contributed by atoms with Crippen molar-refractivity contribution in [3.8, 4) is 0 Å². The van der Waals surface area contributed by atoms with E-state index in [-0.39, 0.29) is 5.69 Å². The van der Waals surface area contributed by atoms with E-state index in [9.17, 15) is 10.1 Å². The van der Waals surface area contributed by atoms with Gasteiger partial charge >= 0.3 is 0 Å². The second kappa shape index (κ2) is 6.83. The van der Waals surface area contributed by atoms with Gasteiger partial charge in [-0.2, -0.15) is 14.6 Å². The number of nitrogens with one attached hydrogen (secondary N) is 2. The average molecular weight is 364 g/mol. The largest absolute Gasteiger partial charge is 0.382 e. The Morgan fingerprint density at radius 2 is 2.04 bits per heavy atom. The van der Waals surface area contributed by atoms with Crippen LogP contribution in [-0.4, -0.2) is 42.6 Å². The quantitative estimate of drug-likeness (QED) is 0.304. The predicted molar refractivity (Wildman–Crippen MR) is 101 cm³/mol. The lowest BCUT2D eigenvalue weighted by Crippen LogP contribution is -2.16. The second-order valence-corrected chi connectivity index (χ2v) is 5.90. The Bertz CT molecular complexity index is 1140. The van der Waals surface area contributed by atoms with Crippen LogP contribution in [0, 0.1) is 17.0 Å². The van der Waals surface area contributed by atoms with Gasteiger partial charge in [-0.3, -0.25) is 15.1 Å². The number of nitrogens with zero attached hydrogens (tertiary/aromatic N) is 6. The van der Waals surface area contributed by atoms with E-state index in [1.807, 2.05) is 13.0 Å². The molecule has 0 atom stereocenters. The zero-order chi connectivity index (χ0) is 18.8. The third-order valence-electron chi connectivity index (χ3n) is 4.07. The predicted octanol–water partition coefficient (Wildman–Crippen LogP) is 2.41. The lowest BCUT2D eigenvalue weighted by molar-refractivity contribution is -0.383. The highest BCUT2D eigenvalue weighted by Gasteiger charge is 2.14. The Kier molecular flexibility index (Phi) is 4.21. The Labute approximate surface area is 153 Å². The maximum Gasteiger partial charge on any atom is 0.278 e. The van der Waals surface area contributed by atoms with E-state index in [0.29, 0.717) is 29.8 Å². The number of rotatable bonds is 6. The molecule has 3 aromatic heterocycles. The molecule has 0 radical (unpaired) electrons. The van der Waals surface area contributed by atoms with Crippen LogP contribution in [0.4, 0.5) is 17.2 Å². The monoisotopic (exact) mass is 364 g/mol. The number of anilines is 2. The van der Waals surface area contributed by atoms with Gasteiger partial charge in [0.25, 0.3) is 11.5 Å². The minimum atomic E-state index is -0.398. The molecule has 0 aliphatic heterocycles. The molecule has 0 unspecified atom stereocenters. The van der Waals surface area contributed by atoms with Crippen LogP contribution in [0.3, 0.4) is 0 Å². The molecule has 0 saturated heterocycles. The molecule has 0 spiro atoms. The van der Waals surface area contributed by atoms with Crippen molar-refractivity contribution < 1.29 is 4.92 Å². The Balaban J connectivity index is 1.49. The standard InChI is InChI=1S/C17H16N8O2/c1-11-9-15(24-17(23-11)21-10-22-24)19-8-7-18-13-4-5-14(25(26)27)12-3-2-6-20-16(12)13/h2-6,9-10,18-19H,7-8H2,1H3. The number of non-ortho nitro benzene ring substituents is 1. The second-order valence-electron chi connectivity index (χ2n) is 5.90. The summed E-state index contributed by atoms with van der Waals surface area (Å²) in [7, 11) is 0. The average Bonchev–Trinajstić information content (AvgIpc) is 3.13. The minimum Gasteiger partial charge on any atom is -0.382 e. The lowest BCUT2D eigenvalue weighted by Gasteiger charge is -2.11. The first-order valence-corrected chi connectivity index (χ1v) is 8.31. The topological polar surface area (TPSA) is 123 Å². The van der Waals surface area contributed by atoms with Crippen LogP contribution < -0.4 is 10.6 Å². The first kappa shape index (κ1) is 16.6. The number of hydrogen-bond donors (Lipinski definition) is 2. The van der Waals surface area contributed by atoms with Gasteiger partial charge < -0.3 is 10.6 Å². The summed E-state index contributed by atoms with van der Waals surface area (Å²) >= 11 is 0. The summed E-state index contributed by atoms with van der Waals surface area (Å²) in [5.41, 5.74) is 2.21. The first-order valence-electron chi connectivity index (χ1n) is 8.31. The molecule has 2 N–H and O–H groups in total. The van der Waals surface area contributed by atoms with Crippen LogP contribution in [-0.2, 0) is 0 Å². The van der Waals surface area contributed by atoms with Crippen molar-refractivity contribution >= 4 is 33.9 Å². The van der Waals surface area contributed by atoms with Gasteiger partial charge in [-0.1, -0.05) is 0 Å². The maximum atomic E-state index is 11.2. The van der Waals surface area contributed by atoms with Crippen LogP contribution in [0.1, 0.15) is 5.69 Å². The van der Waals surface area contributed by atoms with Crippen LogP contribution >= 0.6 is 0 Å². The summed E-state index contributed by atoms with van der Waals surface area (Å²) in [6.07, 6.45) is 3.08. The van der Waals surface area contributed by atoms with E-state index in [4.69, 9.17) is 0 Å².